The molecule has 1 saturated heterocycles. The predicted octanol–water partition coefficient (Wildman–Crippen LogP) is 1.17. The summed E-state index contributed by atoms with van der Waals surface area (Å²) < 4.78 is 11.0. The van der Waals surface area contributed by atoms with E-state index >= 15 is 0 Å². The molecular formula is C25H30N2O6. The van der Waals surface area contributed by atoms with E-state index in [-0.39, 0.29) is 17.8 Å². The molecule has 8 nitrogen and oxygen atoms in total. The van der Waals surface area contributed by atoms with Gasteiger partial charge < -0.3 is 25.0 Å². The van der Waals surface area contributed by atoms with E-state index in [1.807, 2.05) is 6.07 Å². The minimum Gasteiger partial charge on any atom is -0.504 e. The number of hydrogen-bond donors (Lipinski definition) is 3. The molecule has 6 rings (SSSR count). The van der Waals surface area contributed by atoms with Crippen molar-refractivity contribution < 1.29 is 29.3 Å². The highest BCUT2D eigenvalue weighted by Gasteiger charge is 2.73. The average Bonchev–Trinajstić information content (AvgIpc) is 3.54. The van der Waals surface area contributed by atoms with Gasteiger partial charge in [0.05, 0.1) is 24.2 Å². The van der Waals surface area contributed by atoms with Crippen LogP contribution in [0.5, 0.6) is 11.5 Å². The van der Waals surface area contributed by atoms with Gasteiger partial charge in [-0.3, -0.25) is 9.69 Å². The summed E-state index contributed by atoms with van der Waals surface area (Å²) in [5.41, 5.74) is 0.390. The van der Waals surface area contributed by atoms with Gasteiger partial charge in [0, 0.05) is 30.3 Å². The lowest BCUT2D eigenvalue weighted by molar-refractivity contribution is -0.192. The molecule has 2 aliphatic heterocycles. The van der Waals surface area contributed by atoms with Crippen molar-refractivity contribution in [1.29, 1.82) is 0 Å². The third-order valence-corrected chi connectivity index (χ3v) is 8.66. The normalized spacial score (nSPS) is 36.2. The number of esters is 1. The van der Waals surface area contributed by atoms with Crippen LogP contribution in [0.2, 0.25) is 0 Å². The second kappa shape index (κ2) is 7.21. The number of hydrogen-bond acceptors (Lipinski definition) is 7. The van der Waals surface area contributed by atoms with Crippen LogP contribution in [0.25, 0.3) is 0 Å². The van der Waals surface area contributed by atoms with Gasteiger partial charge in [0.25, 0.3) is 0 Å². The SMILES string of the molecule is COC(=O)/C=C/C(=O)NC1CC[C@]2(O)[C@H]3Cc4ccc(O)c5c4[C@@]2(CCN3CC2CC2)[C@H]1O5. The number of phenols is 1. The van der Waals surface area contributed by atoms with E-state index in [9.17, 15) is 19.8 Å². The molecule has 2 saturated carbocycles. The van der Waals surface area contributed by atoms with Gasteiger partial charge in [-0.1, -0.05) is 6.07 Å². The Bertz CT molecular complexity index is 1050. The lowest BCUT2D eigenvalue weighted by Gasteiger charge is -2.64. The third kappa shape index (κ3) is 2.89. The number of aliphatic hydroxyl groups is 1. The number of phenolic OH excluding ortho intramolecular Hbond substituents is 1. The van der Waals surface area contributed by atoms with Crippen LogP contribution in [-0.4, -0.2) is 71.0 Å². The number of carbonyl (C=O) groups excluding carboxylic acids is 2. The Morgan fingerprint density at radius 1 is 1.27 bits per heavy atom. The first-order valence-electron chi connectivity index (χ1n) is 11.9. The van der Waals surface area contributed by atoms with E-state index in [2.05, 4.69) is 15.0 Å². The number of piperidine rings is 1. The van der Waals surface area contributed by atoms with E-state index in [0.29, 0.717) is 25.0 Å². The van der Waals surface area contributed by atoms with Gasteiger partial charge in [-0.15, -0.1) is 0 Å². The van der Waals surface area contributed by atoms with Crippen LogP contribution in [0, 0.1) is 5.92 Å². The first-order chi connectivity index (χ1) is 15.9. The quantitative estimate of drug-likeness (QED) is 0.453. The van der Waals surface area contributed by atoms with E-state index < -0.39 is 29.0 Å². The minimum absolute atomic E-state index is 0.00295. The zero-order valence-electron chi connectivity index (χ0n) is 18.8. The van der Waals surface area contributed by atoms with Gasteiger partial charge in [-0.05, 0) is 62.6 Å². The molecule has 1 amide bonds. The Labute approximate surface area is 192 Å². The summed E-state index contributed by atoms with van der Waals surface area (Å²) in [4.78, 5) is 26.4. The van der Waals surface area contributed by atoms with Crippen LogP contribution in [0.3, 0.4) is 0 Å². The van der Waals surface area contributed by atoms with Crippen molar-refractivity contribution in [1.82, 2.24) is 10.2 Å². The molecule has 0 aromatic heterocycles. The fraction of sp³-hybridized carbons (Fsp3) is 0.600. The summed E-state index contributed by atoms with van der Waals surface area (Å²) in [6.07, 6.45) is 6.84. The molecule has 3 aliphatic carbocycles. The number of rotatable bonds is 5. The van der Waals surface area contributed by atoms with Crippen LogP contribution < -0.4 is 10.1 Å². The average molecular weight is 455 g/mol. The number of amides is 1. The van der Waals surface area contributed by atoms with Gasteiger partial charge in [-0.25, -0.2) is 4.79 Å². The number of methoxy groups -OCH3 is 1. The maximum absolute atomic E-state index is 12.6. The zero-order valence-corrected chi connectivity index (χ0v) is 18.8. The number of nitrogens with one attached hydrogen (secondary N) is 1. The summed E-state index contributed by atoms with van der Waals surface area (Å²) >= 11 is 0. The van der Waals surface area contributed by atoms with Crippen molar-refractivity contribution in [2.75, 3.05) is 20.2 Å². The monoisotopic (exact) mass is 454 g/mol. The number of ether oxygens (including phenoxy) is 2. The Morgan fingerprint density at radius 2 is 2.09 bits per heavy atom. The van der Waals surface area contributed by atoms with Gasteiger partial charge >= 0.3 is 5.97 Å². The van der Waals surface area contributed by atoms with E-state index in [1.165, 1.54) is 20.0 Å². The van der Waals surface area contributed by atoms with Gasteiger partial charge in [0.1, 0.15) is 6.10 Å². The van der Waals surface area contributed by atoms with Crippen molar-refractivity contribution in [3.8, 4) is 11.5 Å². The van der Waals surface area contributed by atoms with Crippen LogP contribution in [0.1, 0.15) is 43.2 Å². The van der Waals surface area contributed by atoms with Crippen molar-refractivity contribution in [3.05, 3.63) is 35.4 Å². The van der Waals surface area contributed by atoms with Crippen LogP contribution in [0.4, 0.5) is 0 Å². The van der Waals surface area contributed by atoms with Crippen LogP contribution >= 0.6 is 0 Å². The number of benzene rings is 1. The molecule has 0 radical (unpaired) electrons. The molecule has 8 heteroatoms. The maximum Gasteiger partial charge on any atom is 0.330 e. The minimum atomic E-state index is -0.986. The van der Waals surface area contributed by atoms with E-state index in [0.717, 1.165) is 48.7 Å². The number of nitrogens with zero attached hydrogens (tertiary/aromatic N) is 1. The van der Waals surface area contributed by atoms with Gasteiger partial charge in [-0.2, -0.15) is 0 Å². The number of aromatic hydroxyl groups is 1. The fourth-order valence-electron chi connectivity index (χ4n) is 7.07. The molecule has 33 heavy (non-hydrogen) atoms. The summed E-state index contributed by atoms with van der Waals surface area (Å²) in [5, 5.41) is 26.0. The van der Waals surface area contributed by atoms with Crippen LogP contribution in [0.15, 0.2) is 24.3 Å². The molecule has 1 aromatic rings. The molecular weight excluding hydrogens is 424 g/mol. The summed E-state index contributed by atoms with van der Waals surface area (Å²) in [5.74, 6) is 0.256. The summed E-state index contributed by atoms with van der Waals surface area (Å²) in [6, 6.07) is 3.29. The molecule has 2 bridgehead atoms. The predicted molar refractivity (Wildman–Crippen MR) is 118 cm³/mol. The Hall–Kier alpha value is -2.58. The van der Waals surface area contributed by atoms with Crippen LogP contribution in [-0.2, 0) is 26.2 Å². The molecule has 1 aromatic carbocycles. The summed E-state index contributed by atoms with van der Waals surface area (Å²) in [7, 11) is 1.26. The number of likely N-dealkylation sites (tertiary alicyclic amines) is 1. The van der Waals surface area contributed by atoms with Crippen molar-refractivity contribution in [2.45, 2.75) is 67.7 Å². The first kappa shape index (κ1) is 21.0. The standard InChI is InChI=1S/C25H30N2O6/c1-32-20(30)7-6-19(29)26-16-8-9-25(31)18-12-15-4-5-17(28)22-21(15)24(25,23(16)33-22)10-11-27(18)13-14-2-3-14/h4-7,14,16,18,23,28,31H,2-3,8-13H2,1H3,(H,26,29)/b7-6+/t16?,18-,23+,24+,25+/m1/s1. The molecule has 1 unspecified atom stereocenters. The van der Waals surface area contributed by atoms with Crippen molar-refractivity contribution >= 4 is 11.9 Å². The lowest BCUT2D eigenvalue weighted by atomic mass is 9.48. The molecule has 2 heterocycles. The molecule has 5 atom stereocenters. The van der Waals surface area contributed by atoms with Gasteiger partial charge in [0.2, 0.25) is 5.91 Å². The Kier molecular flexibility index (Phi) is 4.58. The Morgan fingerprint density at radius 3 is 2.85 bits per heavy atom. The van der Waals surface area contributed by atoms with E-state index in [4.69, 9.17) is 4.74 Å². The number of carbonyl (C=O) groups is 2. The molecule has 3 N–H and O–H groups in total. The smallest absolute Gasteiger partial charge is 0.330 e. The molecule has 176 valence electrons. The second-order valence-corrected chi connectivity index (χ2v) is 10.3. The molecule has 5 aliphatic rings. The third-order valence-electron chi connectivity index (χ3n) is 8.66. The highest BCUT2D eigenvalue weighted by molar-refractivity contribution is 5.94. The topological polar surface area (TPSA) is 108 Å². The highest BCUT2D eigenvalue weighted by atomic mass is 16.5. The van der Waals surface area contributed by atoms with Gasteiger partial charge in [0.15, 0.2) is 11.5 Å². The zero-order chi connectivity index (χ0) is 23.0. The van der Waals surface area contributed by atoms with Crippen molar-refractivity contribution in [3.63, 3.8) is 0 Å². The largest absolute Gasteiger partial charge is 0.504 e. The fourth-order valence-corrected chi connectivity index (χ4v) is 7.07. The Balaban J connectivity index is 1.38. The maximum atomic E-state index is 12.6. The first-order valence-corrected chi connectivity index (χ1v) is 11.9. The molecule has 3 fully saturated rings. The highest BCUT2D eigenvalue weighted by Crippen LogP contribution is 2.65. The lowest BCUT2D eigenvalue weighted by Crippen LogP contribution is -2.78. The summed E-state index contributed by atoms with van der Waals surface area (Å²) in [6.45, 7) is 1.88. The van der Waals surface area contributed by atoms with E-state index in [1.54, 1.807) is 6.07 Å². The van der Waals surface area contributed by atoms with Crippen molar-refractivity contribution in [2.24, 2.45) is 5.92 Å². The second-order valence-electron chi connectivity index (χ2n) is 10.3. The molecule has 1 spiro atoms.